The molecule has 0 heterocycles. The first-order chi connectivity index (χ1) is 5.75. The number of thiocarbonyl (C=S) groups is 1. The highest BCUT2D eigenvalue weighted by molar-refractivity contribution is 7.80. The van der Waals surface area contributed by atoms with Crippen LogP contribution in [0.5, 0.6) is 0 Å². The van der Waals surface area contributed by atoms with Gasteiger partial charge in [0.1, 0.15) is 0 Å². The minimum atomic E-state index is 0.657. The van der Waals surface area contributed by atoms with E-state index in [4.69, 9.17) is 12.2 Å². The van der Waals surface area contributed by atoms with Gasteiger partial charge in [-0.2, -0.15) is 0 Å². The predicted octanol–water partition coefficient (Wildman–Crippen LogP) is 1.41. The van der Waals surface area contributed by atoms with Gasteiger partial charge >= 0.3 is 0 Å². The Hall–Kier alpha value is -0.310. The summed E-state index contributed by atoms with van der Waals surface area (Å²) in [6.07, 6.45) is 5.23. The molecule has 2 saturated carbocycles. The third kappa shape index (κ3) is 1.89. The highest BCUT2D eigenvalue weighted by Crippen LogP contribution is 2.28. The molecule has 2 aliphatic carbocycles. The molecule has 2 aliphatic rings. The second-order valence-corrected chi connectivity index (χ2v) is 4.47. The van der Waals surface area contributed by atoms with E-state index in [2.05, 4.69) is 17.6 Å². The third-order valence-electron chi connectivity index (χ3n) is 2.87. The van der Waals surface area contributed by atoms with E-state index in [1.54, 1.807) is 0 Å². The molecule has 0 aliphatic heterocycles. The first-order valence-corrected chi connectivity index (χ1v) is 5.23. The van der Waals surface area contributed by atoms with Crippen molar-refractivity contribution < 1.29 is 0 Å². The normalized spacial score (nSPS) is 33.8. The third-order valence-corrected chi connectivity index (χ3v) is 3.10. The molecule has 2 nitrogen and oxygen atoms in total. The van der Waals surface area contributed by atoms with Gasteiger partial charge in [0.2, 0.25) is 0 Å². The van der Waals surface area contributed by atoms with Gasteiger partial charge in [0, 0.05) is 12.1 Å². The van der Waals surface area contributed by atoms with Crippen LogP contribution in [0.1, 0.15) is 32.6 Å². The summed E-state index contributed by atoms with van der Waals surface area (Å²) in [5.41, 5.74) is 0. The van der Waals surface area contributed by atoms with Crippen LogP contribution < -0.4 is 10.6 Å². The lowest BCUT2D eigenvalue weighted by Crippen LogP contribution is -2.45. The van der Waals surface area contributed by atoms with Crippen molar-refractivity contribution in [3.63, 3.8) is 0 Å². The first kappa shape index (κ1) is 8.30. The molecular formula is C9H16N2S. The van der Waals surface area contributed by atoms with Gasteiger partial charge in [-0.25, -0.2) is 0 Å². The summed E-state index contributed by atoms with van der Waals surface area (Å²) >= 11 is 5.18. The van der Waals surface area contributed by atoms with Crippen LogP contribution in [-0.2, 0) is 0 Å². The summed E-state index contributed by atoms with van der Waals surface area (Å²) in [5, 5.41) is 7.52. The van der Waals surface area contributed by atoms with Crippen LogP contribution in [0.2, 0.25) is 0 Å². The lowest BCUT2D eigenvalue weighted by Gasteiger charge is -2.27. The van der Waals surface area contributed by atoms with Crippen molar-refractivity contribution in [1.82, 2.24) is 10.6 Å². The Labute approximate surface area is 79.1 Å². The molecule has 0 spiro atoms. The largest absolute Gasteiger partial charge is 0.360 e. The van der Waals surface area contributed by atoms with Crippen molar-refractivity contribution in [1.29, 1.82) is 0 Å². The van der Waals surface area contributed by atoms with E-state index in [0.29, 0.717) is 12.1 Å². The molecule has 0 aromatic rings. The van der Waals surface area contributed by atoms with Crippen LogP contribution in [0, 0.1) is 5.92 Å². The Kier molecular flexibility index (Phi) is 2.22. The minimum Gasteiger partial charge on any atom is -0.360 e. The fourth-order valence-electron chi connectivity index (χ4n) is 1.47. The van der Waals surface area contributed by atoms with Gasteiger partial charge in [-0.15, -0.1) is 0 Å². The van der Waals surface area contributed by atoms with Crippen molar-refractivity contribution in [2.24, 2.45) is 5.92 Å². The van der Waals surface area contributed by atoms with Crippen LogP contribution in [0.4, 0.5) is 0 Å². The van der Waals surface area contributed by atoms with Crippen molar-refractivity contribution >= 4 is 17.3 Å². The van der Waals surface area contributed by atoms with Gasteiger partial charge in [0.25, 0.3) is 0 Å². The maximum atomic E-state index is 5.18. The fourth-order valence-corrected chi connectivity index (χ4v) is 1.79. The zero-order valence-electron chi connectivity index (χ0n) is 7.47. The number of hydrogen-bond donors (Lipinski definition) is 2. The maximum absolute atomic E-state index is 5.18. The molecule has 2 atom stereocenters. The van der Waals surface area contributed by atoms with Crippen molar-refractivity contribution in [3.8, 4) is 0 Å². The topological polar surface area (TPSA) is 24.1 Å². The molecule has 0 aromatic heterocycles. The molecule has 0 unspecified atom stereocenters. The van der Waals surface area contributed by atoms with Crippen LogP contribution >= 0.6 is 12.2 Å². The maximum Gasteiger partial charge on any atom is 0.166 e. The van der Waals surface area contributed by atoms with Crippen LogP contribution in [0.15, 0.2) is 0 Å². The van der Waals surface area contributed by atoms with Gasteiger partial charge in [0.15, 0.2) is 5.11 Å². The van der Waals surface area contributed by atoms with Crippen LogP contribution in [0.3, 0.4) is 0 Å². The van der Waals surface area contributed by atoms with E-state index in [9.17, 15) is 0 Å². The van der Waals surface area contributed by atoms with Gasteiger partial charge < -0.3 is 10.6 Å². The van der Waals surface area contributed by atoms with Gasteiger partial charge in [-0.3, -0.25) is 0 Å². The van der Waals surface area contributed by atoms with Gasteiger partial charge in [-0.05, 0) is 43.8 Å². The van der Waals surface area contributed by atoms with E-state index in [0.717, 1.165) is 11.0 Å². The molecule has 2 rings (SSSR count). The molecule has 0 bridgehead atoms. The lowest BCUT2D eigenvalue weighted by atomic mass is 9.93. The second-order valence-electron chi connectivity index (χ2n) is 4.07. The predicted molar refractivity (Wildman–Crippen MR) is 54.1 cm³/mol. The molecule has 68 valence electrons. The quantitative estimate of drug-likeness (QED) is 0.635. The Morgan fingerprint density at radius 1 is 1.33 bits per heavy atom. The number of rotatable bonds is 2. The SMILES string of the molecule is C[C@@H]1C[C@H]1NC(=S)NC1CCC1. The fraction of sp³-hybridized carbons (Fsp3) is 0.889. The number of nitrogens with one attached hydrogen (secondary N) is 2. The summed E-state index contributed by atoms with van der Waals surface area (Å²) in [7, 11) is 0. The highest BCUT2D eigenvalue weighted by Gasteiger charge is 2.33. The molecule has 0 aromatic carbocycles. The van der Waals surface area contributed by atoms with Crippen molar-refractivity contribution in [2.45, 2.75) is 44.7 Å². The zero-order valence-corrected chi connectivity index (χ0v) is 8.29. The lowest BCUT2D eigenvalue weighted by molar-refractivity contribution is 0.382. The standard InChI is InChI=1S/C9H16N2S/c1-6-5-8(6)11-9(12)10-7-3-2-4-7/h6-8H,2-5H2,1H3,(H2,10,11,12)/t6-,8-/m1/s1. The Morgan fingerprint density at radius 2 is 2.00 bits per heavy atom. The summed E-state index contributed by atoms with van der Waals surface area (Å²) in [5.74, 6) is 0.825. The average Bonchev–Trinajstić information content (AvgIpc) is 2.58. The molecule has 12 heavy (non-hydrogen) atoms. The van der Waals surface area contributed by atoms with E-state index in [1.807, 2.05) is 0 Å². The molecule has 0 saturated heterocycles. The molecule has 2 fully saturated rings. The van der Waals surface area contributed by atoms with Crippen LogP contribution in [0.25, 0.3) is 0 Å². The summed E-state index contributed by atoms with van der Waals surface area (Å²) < 4.78 is 0. The number of hydrogen-bond acceptors (Lipinski definition) is 1. The molecule has 0 amide bonds. The van der Waals surface area contributed by atoms with E-state index in [1.165, 1.54) is 25.7 Å². The molecule has 0 radical (unpaired) electrons. The van der Waals surface area contributed by atoms with E-state index < -0.39 is 0 Å². The molecule has 2 N–H and O–H groups in total. The smallest absolute Gasteiger partial charge is 0.166 e. The summed E-state index contributed by atoms with van der Waals surface area (Å²) in [4.78, 5) is 0. The molecule has 3 heteroatoms. The van der Waals surface area contributed by atoms with E-state index >= 15 is 0 Å². The Balaban J connectivity index is 1.63. The second kappa shape index (κ2) is 3.21. The van der Waals surface area contributed by atoms with Gasteiger partial charge in [0.05, 0.1) is 0 Å². The monoisotopic (exact) mass is 184 g/mol. The first-order valence-electron chi connectivity index (χ1n) is 4.83. The van der Waals surface area contributed by atoms with Crippen LogP contribution in [-0.4, -0.2) is 17.2 Å². The van der Waals surface area contributed by atoms with Crippen molar-refractivity contribution in [2.75, 3.05) is 0 Å². The minimum absolute atomic E-state index is 0.657. The average molecular weight is 184 g/mol. The van der Waals surface area contributed by atoms with E-state index in [-0.39, 0.29) is 0 Å². The Morgan fingerprint density at radius 3 is 2.42 bits per heavy atom. The summed E-state index contributed by atoms with van der Waals surface area (Å²) in [6, 6.07) is 1.32. The van der Waals surface area contributed by atoms with Crippen molar-refractivity contribution in [3.05, 3.63) is 0 Å². The zero-order chi connectivity index (χ0) is 8.55. The van der Waals surface area contributed by atoms with Gasteiger partial charge in [-0.1, -0.05) is 6.92 Å². The molecular weight excluding hydrogens is 168 g/mol. The summed E-state index contributed by atoms with van der Waals surface area (Å²) in [6.45, 7) is 2.25. The Bertz CT molecular complexity index is 180. The highest BCUT2D eigenvalue weighted by atomic mass is 32.1.